The zero-order valence-corrected chi connectivity index (χ0v) is 12.2. The van der Waals surface area contributed by atoms with Crippen molar-refractivity contribution in [3.8, 4) is 6.07 Å². The highest BCUT2D eigenvalue weighted by Crippen LogP contribution is 2.25. The molecule has 0 heterocycles. The SMILES string of the molecule is CCCC(C#N)NC(=O)c1ccccc1C(C)(C)C. The number of benzene rings is 1. The van der Waals surface area contributed by atoms with Gasteiger partial charge in [0.15, 0.2) is 0 Å². The Balaban J connectivity index is 2.98. The van der Waals surface area contributed by atoms with Gasteiger partial charge in [0.05, 0.1) is 6.07 Å². The molecule has 1 unspecified atom stereocenters. The van der Waals surface area contributed by atoms with E-state index in [-0.39, 0.29) is 11.3 Å². The van der Waals surface area contributed by atoms with Crippen LogP contribution < -0.4 is 5.32 Å². The molecular weight excluding hydrogens is 236 g/mol. The molecule has 1 aromatic carbocycles. The van der Waals surface area contributed by atoms with Crippen LogP contribution in [0.2, 0.25) is 0 Å². The third kappa shape index (κ3) is 4.10. The summed E-state index contributed by atoms with van der Waals surface area (Å²) >= 11 is 0. The molecule has 1 amide bonds. The Morgan fingerprint density at radius 2 is 2.00 bits per heavy atom. The van der Waals surface area contributed by atoms with Gasteiger partial charge in [-0.3, -0.25) is 4.79 Å². The third-order valence-electron chi connectivity index (χ3n) is 3.02. The molecule has 0 radical (unpaired) electrons. The summed E-state index contributed by atoms with van der Waals surface area (Å²) in [6.07, 6.45) is 1.55. The molecule has 0 bridgehead atoms. The molecular formula is C16H22N2O. The van der Waals surface area contributed by atoms with Crippen LogP contribution in [-0.4, -0.2) is 11.9 Å². The van der Waals surface area contributed by atoms with Crippen molar-refractivity contribution in [1.29, 1.82) is 5.26 Å². The number of carbonyl (C=O) groups is 1. The van der Waals surface area contributed by atoms with E-state index in [0.29, 0.717) is 12.0 Å². The van der Waals surface area contributed by atoms with Gasteiger partial charge in [-0.2, -0.15) is 5.26 Å². The van der Waals surface area contributed by atoms with Gasteiger partial charge in [-0.15, -0.1) is 0 Å². The van der Waals surface area contributed by atoms with E-state index in [4.69, 9.17) is 5.26 Å². The Bertz CT molecular complexity index is 480. The fourth-order valence-electron chi connectivity index (χ4n) is 2.03. The lowest BCUT2D eigenvalue weighted by Gasteiger charge is -2.23. The van der Waals surface area contributed by atoms with Crippen LogP contribution >= 0.6 is 0 Å². The van der Waals surface area contributed by atoms with Gasteiger partial charge in [-0.1, -0.05) is 52.3 Å². The number of nitrogens with zero attached hydrogens (tertiary/aromatic N) is 1. The first kappa shape index (κ1) is 15.2. The van der Waals surface area contributed by atoms with E-state index < -0.39 is 6.04 Å². The van der Waals surface area contributed by atoms with Gasteiger partial charge in [0.25, 0.3) is 5.91 Å². The Morgan fingerprint density at radius 3 is 2.53 bits per heavy atom. The summed E-state index contributed by atoms with van der Waals surface area (Å²) < 4.78 is 0. The average molecular weight is 258 g/mol. The molecule has 0 aromatic heterocycles. The molecule has 0 saturated carbocycles. The first-order chi connectivity index (χ1) is 8.90. The molecule has 19 heavy (non-hydrogen) atoms. The first-order valence-electron chi connectivity index (χ1n) is 6.70. The van der Waals surface area contributed by atoms with Crippen molar-refractivity contribution < 1.29 is 4.79 Å². The minimum atomic E-state index is -0.412. The number of carbonyl (C=O) groups excluding carboxylic acids is 1. The van der Waals surface area contributed by atoms with Crippen molar-refractivity contribution in [3.63, 3.8) is 0 Å². The van der Waals surface area contributed by atoms with E-state index in [2.05, 4.69) is 32.2 Å². The molecule has 0 aliphatic heterocycles. The summed E-state index contributed by atoms with van der Waals surface area (Å²) in [6, 6.07) is 9.29. The number of hydrogen-bond acceptors (Lipinski definition) is 2. The minimum absolute atomic E-state index is 0.0964. The molecule has 1 rings (SSSR count). The van der Waals surface area contributed by atoms with Crippen molar-refractivity contribution in [3.05, 3.63) is 35.4 Å². The van der Waals surface area contributed by atoms with E-state index >= 15 is 0 Å². The number of nitriles is 1. The third-order valence-corrected chi connectivity index (χ3v) is 3.02. The lowest BCUT2D eigenvalue weighted by molar-refractivity contribution is 0.0941. The monoisotopic (exact) mass is 258 g/mol. The highest BCUT2D eigenvalue weighted by atomic mass is 16.1. The molecule has 1 N–H and O–H groups in total. The lowest BCUT2D eigenvalue weighted by atomic mass is 9.83. The van der Waals surface area contributed by atoms with E-state index in [1.54, 1.807) is 0 Å². The second-order valence-corrected chi connectivity index (χ2v) is 5.74. The Hall–Kier alpha value is -1.82. The van der Waals surface area contributed by atoms with Crippen molar-refractivity contribution in [2.75, 3.05) is 0 Å². The van der Waals surface area contributed by atoms with Gasteiger partial charge in [0.2, 0.25) is 0 Å². The number of rotatable bonds is 4. The summed E-state index contributed by atoms with van der Waals surface area (Å²) in [4.78, 5) is 12.3. The highest BCUT2D eigenvalue weighted by molar-refractivity contribution is 5.96. The summed E-state index contributed by atoms with van der Waals surface area (Å²) in [5.74, 6) is -0.162. The fraction of sp³-hybridized carbons (Fsp3) is 0.500. The maximum absolute atomic E-state index is 12.3. The molecule has 102 valence electrons. The van der Waals surface area contributed by atoms with Crippen LogP contribution in [0.5, 0.6) is 0 Å². The number of hydrogen-bond donors (Lipinski definition) is 1. The van der Waals surface area contributed by atoms with Crippen LogP contribution in [0.25, 0.3) is 0 Å². The largest absolute Gasteiger partial charge is 0.336 e. The van der Waals surface area contributed by atoms with Crippen molar-refractivity contribution in [2.24, 2.45) is 0 Å². The van der Waals surface area contributed by atoms with Crippen LogP contribution in [-0.2, 0) is 5.41 Å². The molecule has 1 atom stereocenters. The predicted molar refractivity (Wildman–Crippen MR) is 76.9 cm³/mol. The summed E-state index contributed by atoms with van der Waals surface area (Å²) in [7, 11) is 0. The quantitative estimate of drug-likeness (QED) is 0.899. The average Bonchev–Trinajstić information content (AvgIpc) is 2.37. The van der Waals surface area contributed by atoms with Crippen molar-refractivity contribution in [2.45, 2.75) is 52.0 Å². The van der Waals surface area contributed by atoms with E-state index in [0.717, 1.165) is 12.0 Å². The zero-order chi connectivity index (χ0) is 14.5. The van der Waals surface area contributed by atoms with Crippen LogP contribution in [0.15, 0.2) is 24.3 Å². The highest BCUT2D eigenvalue weighted by Gasteiger charge is 2.22. The van der Waals surface area contributed by atoms with Gasteiger partial charge < -0.3 is 5.32 Å². The van der Waals surface area contributed by atoms with Crippen molar-refractivity contribution >= 4 is 5.91 Å². The molecule has 3 heteroatoms. The molecule has 0 aliphatic carbocycles. The zero-order valence-electron chi connectivity index (χ0n) is 12.2. The Labute approximate surface area is 115 Å². The molecule has 1 aromatic rings. The van der Waals surface area contributed by atoms with Crippen LogP contribution in [0, 0.1) is 11.3 Å². The first-order valence-corrected chi connectivity index (χ1v) is 6.70. The maximum Gasteiger partial charge on any atom is 0.252 e. The minimum Gasteiger partial charge on any atom is -0.336 e. The summed E-state index contributed by atoms with van der Waals surface area (Å²) in [5.41, 5.74) is 1.56. The Morgan fingerprint density at radius 1 is 1.37 bits per heavy atom. The van der Waals surface area contributed by atoms with Gasteiger partial charge in [-0.05, 0) is 23.5 Å². The molecule has 3 nitrogen and oxygen atoms in total. The van der Waals surface area contributed by atoms with Crippen LogP contribution in [0.1, 0.15) is 56.5 Å². The van der Waals surface area contributed by atoms with Gasteiger partial charge >= 0.3 is 0 Å². The predicted octanol–water partition coefficient (Wildman–Crippen LogP) is 3.41. The van der Waals surface area contributed by atoms with Crippen LogP contribution in [0.4, 0.5) is 0 Å². The summed E-state index contributed by atoms with van der Waals surface area (Å²) in [6.45, 7) is 8.23. The lowest BCUT2D eigenvalue weighted by Crippen LogP contribution is -2.35. The molecule has 0 aliphatic rings. The molecule has 0 fully saturated rings. The normalized spacial score (nSPS) is 12.6. The van der Waals surface area contributed by atoms with Gasteiger partial charge in [0, 0.05) is 5.56 Å². The maximum atomic E-state index is 12.3. The second kappa shape index (κ2) is 6.38. The summed E-state index contributed by atoms with van der Waals surface area (Å²) in [5, 5.41) is 11.8. The van der Waals surface area contributed by atoms with Gasteiger partial charge in [0.1, 0.15) is 6.04 Å². The fourth-order valence-corrected chi connectivity index (χ4v) is 2.03. The second-order valence-electron chi connectivity index (χ2n) is 5.74. The van der Waals surface area contributed by atoms with Crippen LogP contribution in [0.3, 0.4) is 0 Å². The standard InChI is InChI=1S/C16H22N2O/c1-5-8-12(11-17)18-15(19)13-9-6-7-10-14(13)16(2,3)4/h6-7,9-10,12H,5,8H2,1-4H3,(H,18,19). The number of amides is 1. The molecule has 0 saturated heterocycles. The smallest absolute Gasteiger partial charge is 0.252 e. The van der Waals surface area contributed by atoms with Crippen molar-refractivity contribution in [1.82, 2.24) is 5.32 Å². The van der Waals surface area contributed by atoms with E-state index in [1.165, 1.54) is 0 Å². The van der Waals surface area contributed by atoms with Gasteiger partial charge in [-0.25, -0.2) is 0 Å². The van der Waals surface area contributed by atoms with E-state index in [9.17, 15) is 4.79 Å². The number of nitrogens with one attached hydrogen (secondary N) is 1. The Kier molecular flexibility index (Phi) is 5.11. The molecule has 0 spiro atoms. The van der Waals surface area contributed by atoms with E-state index in [1.807, 2.05) is 31.2 Å². The topological polar surface area (TPSA) is 52.9 Å².